The topological polar surface area (TPSA) is 0 Å². The van der Waals surface area contributed by atoms with Crippen LogP contribution in [0.5, 0.6) is 0 Å². The molecule has 2 rings (SSSR count). The van der Waals surface area contributed by atoms with Crippen LogP contribution in [-0.4, -0.2) is 0 Å². The highest BCUT2D eigenvalue weighted by atomic mass is 14.2. The first-order chi connectivity index (χ1) is 8.75. The van der Waals surface area contributed by atoms with E-state index in [4.69, 9.17) is 0 Å². The van der Waals surface area contributed by atoms with Gasteiger partial charge in [-0.05, 0) is 35.8 Å². The smallest absolute Gasteiger partial charge is 0.0119 e. The molecule has 0 aliphatic rings. The maximum Gasteiger partial charge on any atom is -0.0119 e. The molecule has 0 N–H and O–H groups in total. The highest BCUT2D eigenvalue weighted by Crippen LogP contribution is 2.27. The summed E-state index contributed by atoms with van der Waals surface area (Å²) in [7, 11) is 0. The highest BCUT2D eigenvalue weighted by Gasteiger charge is 2.13. The van der Waals surface area contributed by atoms with E-state index in [1.807, 2.05) is 0 Å². The van der Waals surface area contributed by atoms with Crippen LogP contribution in [0.1, 0.15) is 37.3 Å². The molecule has 0 nitrogen and oxygen atoms in total. The number of hydrogen-bond acceptors (Lipinski definition) is 0. The monoisotopic (exact) mass is 238 g/mol. The predicted molar refractivity (Wildman–Crippen MR) is 78.8 cm³/mol. The van der Waals surface area contributed by atoms with E-state index in [1.165, 1.54) is 17.5 Å². The van der Waals surface area contributed by atoms with E-state index >= 15 is 0 Å². The Morgan fingerprint density at radius 1 is 0.778 bits per heavy atom. The van der Waals surface area contributed by atoms with Gasteiger partial charge in [-0.1, -0.05) is 74.5 Å². The molecule has 0 aliphatic heterocycles. The molecule has 2 aromatic rings. The summed E-state index contributed by atoms with van der Waals surface area (Å²) in [5.74, 6) is 1.37. The second-order valence-corrected chi connectivity index (χ2v) is 5.43. The lowest BCUT2D eigenvalue weighted by atomic mass is 9.85. The normalized spacial score (nSPS) is 12.6. The van der Waals surface area contributed by atoms with E-state index in [9.17, 15) is 0 Å². The van der Waals surface area contributed by atoms with Crippen molar-refractivity contribution >= 4 is 0 Å². The molecule has 0 aliphatic carbocycles. The molecule has 1 unspecified atom stereocenters. The van der Waals surface area contributed by atoms with Gasteiger partial charge >= 0.3 is 0 Å². The Morgan fingerprint density at radius 2 is 1.33 bits per heavy atom. The molecule has 0 aromatic heterocycles. The van der Waals surface area contributed by atoms with Gasteiger partial charge in [-0.15, -0.1) is 0 Å². The molecule has 0 radical (unpaired) electrons. The van der Waals surface area contributed by atoms with E-state index in [1.54, 1.807) is 0 Å². The molecule has 0 saturated carbocycles. The second-order valence-electron chi connectivity index (χ2n) is 5.43. The summed E-state index contributed by atoms with van der Waals surface area (Å²) < 4.78 is 0. The minimum atomic E-state index is 0.633. The standard InChI is InChI=1S/C18H22/c1-15(2)13-18(17-11-7-4-8-12-17)14-16-9-5-3-6-10-16/h3-12,15,18H,13-14H2,1-2H3. The molecule has 0 saturated heterocycles. The van der Waals surface area contributed by atoms with Crippen LogP contribution in [0.3, 0.4) is 0 Å². The van der Waals surface area contributed by atoms with Gasteiger partial charge in [0.2, 0.25) is 0 Å². The first kappa shape index (κ1) is 12.9. The van der Waals surface area contributed by atoms with E-state index in [2.05, 4.69) is 74.5 Å². The van der Waals surface area contributed by atoms with Crippen LogP contribution in [0.2, 0.25) is 0 Å². The Balaban J connectivity index is 2.16. The Bertz CT molecular complexity index is 442. The van der Waals surface area contributed by atoms with E-state index < -0.39 is 0 Å². The zero-order valence-corrected chi connectivity index (χ0v) is 11.3. The third-order valence-electron chi connectivity index (χ3n) is 3.35. The van der Waals surface area contributed by atoms with Crippen molar-refractivity contribution in [1.82, 2.24) is 0 Å². The third-order valence-corrected chi connectivity index (χ3v) is 3.35. The van der Waals surface area contributed by atoms with Gasteiger partial charge in [-0.25, -0.2) is 0 Å². The van der Waals surface area contributed by atoms with Gasteiger partial charge in [0.1, 0.15) is 0 Å². The predicted octanol–water partition coefficient (Wildman–Crippen LogP) is 5.06. The molecular formula is C18H22. The minimum absolute atomic E-state index is 0.633. The molecule has 2 aromatic carbocycles. The fraction of sp³-hybridized carbons (Fsp3) is 0.333. The van der Waals surface area contributed by atoms with E-state index in [-0.39, 0.29) is 0 Å². The maximum absolute atomic E-state index is 2.31. The Labute approximate surface area is 111 Å². The average Bonchev–Trinajstić information content (AvgIpc) is 2.40. The third kappa shape index (κ3) is 3.73. The van der Waals surface area contributed by atoms with Crippen LogP contribution in [0, 0.1) is 5.92 Å². The zero-order valence-electron chi connectivity index (χ0n) is 11.3. The summed E-state index contributed by atoms with van der Waals surface area (Å²) in [6, 6.07) is 21.7. The summed E-state index contributed by atoms with van der Waals surface area (Å²) in [6.07, 6.45) is 2.39. The van der Waals surface area contributed by atoms with Crippen molar-refractivity contribution in [3.63, 3.8) is 0 Å². The van der Waals surface area contributed by atoms with Crippen molar-refractivity contribution in [1.29, 1.82) is 0 Å². The molecule has 94 valence electrons. The number of hydrogen-bond donors (Lipinski definition) is 0. The quantitative estimate of drug-likeness (QED) is 0.683. The minimum Gasteiger partial charge on any atom is -0.0628 e. The lowest BCUT2D eigenvalue weighted by Crippen LogP contribution is -2.06. The molecule has 0 bridgehead atoms. The zero-order chi connectivity index (χ0) is 12.8. The molecule has 1 atom stereocenters. The van der Waals surface area contributed by atoms with Crippen LogP contribution in [0.25, 0.3) is 0 Å². The van der Waals surface area contributed by atoms with Gasteiger partial charge in [-0.2, -0.15) is 0 Å². The Morgan fingerprint density at radius 3 is 1.89 bits per heavy atom. The van der Waals surface area contributed by atoms with Gasteiger partial charge in [0, 0.05) is 0 Å². The van der Waals surface area contributed by atoms with E-state index in [0.717, 1.165) is 12.3 Å². The highest BCUT2D eigenvalue weighted by molar-refractivity contribution is 5.24. The lowest BCUT2D eigenvalue weighted by molar-refractivity contribution is 0.497. The first-order valence-electron chi connectivity index (χ1n) is 6.84. The van der Waals surface area contributed by atoms with Crippen LogP contribution < -0.4 is 0 Å². The fourth-order valence-corrected chi connectivity index (χ4v) is 2.53. The van der Waals surface area contributed by atoms with Crippen LogP contribution in [0.4, 0.5) is 0 Å². The molecule has 18 heavy (non-hydrogen) atoms. The largest absolute Gasteiger partial charge is 0.0628 e. The Kier molecular flexibility index (Phi) is 4.58. The molecule has 0 heteroatoms. The van der Waals surface area contributed by atoms with Crippen molar-refractivity contribution in [3.05, 3.63) is 71.8 Å². The Hall–Kier alpha value is -1.56. The summed E-state index contributed by atoms with van der Waals surface area (Å²) in [6.45, 7) is 4.61. The SMILES string of the molecule is CC(C)CC(Cc1ccccc1)c1ccccc1. The van der Waals surface area contributed by atoms with Crippen LogP contribution in [0.15, 0.2) is 60.7 Å². The maximum atomic E-state index is 2.31. The van der Waals surface area contributed by atoms with Gasteiger partial charge < -0.3 is 0 Å². The van der Waals surface area contributed by atoms with Crippen molar-refractivity contribution in [3.8, 4) is 0 Å². The van der Waals surface area contributed by atoms with Gasteiger partial charge in [-0.3, -0.25) is 0 Å². The molecule has 0 heterocycles. The van der Waals surface area contributed by atoms with Crippen molar-refractivity contribution in [2.24, 2.45) is 5.92 Å². The van der Waals surface area contributed by atoms with Crippen LogP contribution >= 0.6 is 0 Å². The molecule has 0 spiro atoms. The summed E-state index contributed by atoms with van der Waals surface area (Å²) in [4.78, 5) is 0. The number of benzene rings is 2. The van der Waals surface area contributed by atoms with Crippen LogP contribution in [-0.2, 0) is 6.42 Å². The molecule has 0 fully saturated rings. The number of rotatable bonds is 5. The first-order valence-corrected chi connectivity index (χ1v) is 6.84. The fourth-order valence-electron chi connectivity index (χ4n) is 2.53. The lowest BCUT2D eigenvalue weighted by Gasteiger charge is -2.19. The van der Waals surface area contributed by atoms with Gasteiger partial charge in [0.25, 0.3) is 0 Å². The summed E-state index contributed by atoms with van der Waals surface area (Å²) in [5.41, 5.74) is 2.90. The summed E-state index contributed by atoms with van der Waals surface area (Å²) >= 11 is 0. The van der Waals surface area contributed by atoms with Crippen molar-refractivity contribution in [2.45, 2.75) is 32.6 Å². The van der Waals surface area contributed by atoms with Crippen molar-refractivity contribution < 1.29 is 0 Å². The molecule has 0 amide bonds. The van der Waals surface area contributed by atoms with Gasteiger partial charge in [0.15, 0.2) is 0 Å². The van der Waals surface area contributed by atoms with Crippen molar-refractivity contribution in [2.75, 3.05) is 0 Å². The van der Waals surface area contributed by atoms with E-state index in [0.29, 0.717) is 5.92 Å². The summed E-state index contributed by atoms with van der Waals surface area (Å²) in [5, 5.41) is 0. The average molecular weight is 238 g/mol. The second kappa shape index (κ2) is 6.39. The molecular weight excluding hydrogens is 216 g/mol. The van der Waals surface area contributed by atoms with Gasteiger partial charge in [0.05, 0.1) is 0 Å².